The predicted octanol–water partition coefficient (Wildman–Crippen LogP) is 5.53. The van der Waals surface area contributed by atoms with E-state index in [2.05, 4.69) is 15.0 Å². The molecule has 8 nitrogen and oxygen atoms in total. The molecule has 4 fully saturated rings. The second kappa shape index (κ2) is 10.3. The first-order valence-corrected chi connectivity index (χ1v) is 15.0. The maximum atomic E-state index is 14.0. The molecule has 3 unspecified atom stereocenters. The van der Waals surface area contributed by atoms with Crippen LogP contribution in [-0.4, -0.2) is 55.0 Å². The van der Waals surface area contributed by atoms with Crippen molar-refractivity contribution in [3.8, 4) is 0 Å². The van der Waals surface area contributed by atoms with E-state index in [4.69, 9.17) is 4.84 Å². The van der Waals surface area contributed by atoms with Crippen LogP contribution in [0.2, 0.25) is 0 Å². The van der Waals surface area contributed by atoms with Crippen LogP contribution in [0.5, 0.6) is 0 Å². The van der Waals surface area contributed by atoms with Crippen LogP contribution in [0.4, 0.5) is 0 Å². The highest BCUT2D eigenvalue weighted by molar-refractivity contribution is 5.97. The molecule has 0 amide bonds. The Balaban J connectivity index is 1.30. The summed E-state index contributed by atoms with van der Waals surface area (Å²) in [5.41, 5.74) is 0.436. The summed E-state index contributed by atoms with van der Waals surface area (Å²) in [5.74, 6) is 0.680. The lowest BCUT2D eigenvalue weighted by molar-refractivity contribution is -0.161. The highest BCUT2D eigenvalue weighted by Crippen LogP contribution is 2.47. The number of rotatable bonds is 6. The highest BCUT2D eigenvalue weighted by Gasteiger charge is 2.47. The number of carboxylic acids is 1. The van der Waals surface area contributed by atoms with Crippen molar-refractivity contribution in [3.63, 3.8) is 0 Å². The normalized spacial score (nSPS) is 31.7. The number of oxime groups is 1. The van der Waals surface area contributed by atoms with E-state index in [-0.39, 0.29) is 17.3 Å². The topological polar surface area (TPSA) is 97.0 Å². The Bertz CT molecular complexity index is 1310. The molecule has 4 aliphatic rings. The van der Waals surface area contributed by atoms with E-state index >= 15 is 0 Å². The highest BCUT2D eigenvalue weighted by atomic mass is 16.7. The summed E-state index contributed by atoms with van der Waals surface area (Å²) in [6.07, 6.45) is 14.2. The average Bonchev–Trinajstić information content (AvgIpc) is 3.06. The zero-order valence-corrected chi connectivity index (χ0v) is 23.5. The number of hydrogen-bond acceptors (Lipinski definition) is 6. The number of aliphatic carboxylic acids is 1. The van der Waals surface area contributed by atoms with E-state index < -0.39 is 11.6 Å². The van der Waals surface area contributed by atoms with Gasteiger partial charge in [-0.25, -0.2) is 9.78 Å². The second-order valence-electron chi connectivity index (χ2n) is 13.0. The average molecular weight is 535 g/mol. The number of hydrogen-bond donors (Lipinski definition) is 1. The quantitative estimate of drug-likeness (QED) is 0.387. The van der Waals surface area contributed by atoms with Crippen molar-refractivity contribution in [2.75, 3.05) is 0 Å². The van der Waals surface area contributed by atoms with Crippen LogP contribution in [0.15, 0.2) is 34.2 Å². The van der Waals surface area contributed by atoms with Crippen LogP contribution in [0, 0.1) is 11.8 Å². The Labute approximate surface area is 230 Å². The lowest BCUT2D eigenvalue weighted by Gasteiger charge is -2.48. The van der Waals surface area contributed by atoms with Crippen LogP contribution in [0.25, 0.3) is 11.0 Å². The number of nitrogens with zero attached hydrogens (tertiary/aromatic N) is 4. The maximum absolute atomic E-state index is 14.0. The molecule has 2 saturated carbocycles. The minimum Gasteiger partial charge on any atom is -0.478 e. The van der Waals surface area contributed by atoms with E-state index in [9.17, 15) is 14.7 Å². The van der Waals surface area contributed by atoms with Gasteiger partial charge in [-0.2, -0.15) is 0 Å². The van der Waals surface area contributed by atoms with Gasteiger partial charge in [-0.3, -0.25) is 9.69 Å². The molecule has 2 aromatic rings. The molecule has 2 aliphatic heterocycles. The van der Waals surface area contributed by atoms with E-state index in [1.807, 2.05) is 28.8 Å². The predicted molar refractivity (Wildman–Crippen MR) is 151 cm³/mol. The molecule has 4 bridgehead atoms. The summed E-state index contributed by atoms with van der Waals surface area (Å²) < 4.78 is 1.96. The van der Waals surface area contributed by atoms with Gasteiger partial charge in [-0.05, 0) is 89.7 Å². The minimum atomic E-state index is -1.50. The number of benzene rings is 1. The zero-order valence-electron chi connectivity index (χ0n) is 23.5. The van der Waals surface area contributed by atoms with Gasteiger partial charge in [0.1, 0.15) is 5.71 Å². The van der Waals surface area contributed by atoms with E-state index in [1.165, 1.54) is 71.6 Å². The van der Waals surface area contributed by atoms with E-state index in [0.717, 1.165) is 35.7 Å². The standard InChI is InChI=1S/C31H42N4O4/c1-19(33-39-31(2,3)30(37)38)28-29(36)35(27-11-7-6-10-26(27)32-28)25-17-22-12-13-23(18-25)34(22)24-15-20-8-4-5-9-21(14-20)16-24/h6-7,10-11,20-25H,4-5,8-9,12-18H2,1-3H3,(H,37,38)/b33-19+/t20?,21?,22-,23+,24?,25?. The Kier molecular flexibility index (Phi) is 7.02. The molecule has 1 N–H and O–H groups in total. The minimum absolute atomic E-state index is 0.105. The molecule has 39 heavy (non-hydrogen) atoms. The van der Waals surface area contributed by atoms with Crippen molar-refractivity contribution in [3.05, 3.63) is 40.3 Å². The molecule has 0 radical (unpaired) electrons. The molecule has 3 heterocycles. The van der Waals surface area contributed by atoms with Crippen molar-refractivity contribution in [2.45, 2.75) is 121 Å². The monoisotopic (exact) mass is 534 g/mol. The summed E-state index contributed by atoms with van der Waals surface area (Å²) >= 11 is 0. The Hall–Kier alpha value is -2.74. The first-order valence-electron chi connectivity index (χ1n) is 15.0. The Morgan fingerprint density at radius 1 is 0.949 bits per heavy atom. The lowest BCUT2D eigenvalue weighted by Crippen LogP contribution is -2.52. The molecular weight excluding hydrogens is 492 g/mol. The summed E-state index contributed by atoms with van der Waals surface area (Å²) in [6.45, 7) is 4.53. The molecule has 1 aromatic carbocycles. The number of fused-ring (bicyclic) bond motifs is 5. The number of aromatic nitrogens is 2. The third-order valence-corrected chi connectivity index (χ3v) is 9.97. The molecule has 6 rings (SSSR count). The van der Waals surface area contributed by atoms with Crippen molar-refractivity contribution in [2.24, 2.45) is 17.0 Å². The van der Waals surface area contributed by atoms with Gasteiger partial charge in [0.2, 0.25) is 5.60 Å². The first-order chi connectivity index (χ1) is 18.7. The fourth-order valence-corrected chi connectivity index (χ4v) is 8.12. The van der Waals surface area contributed by atoms with E-state index in [1.54, 1.807) is 6.92 Å². The van der Waals surface area contributed by atoms with Crippen molar-refractivity contribution >= 4 is 22.7 Å². The van der Waals surface area contributed by atoms with Crippen LogP contribution in [-0.2, 0) is 9.63 Å². The van der Waals surface area contributed by atoms with Crippen molar-refractivity contribution < 1.29 is 14.7 Å². The first kappa shape index (κ1) is 26.5. The van der Waals surface area contributed by atoms with Gasteiger partial charge in [-0.15, -0.1) is 0 Å². The Morgan fingerprint density at radius 2 is 1.59 bits per heavy atom. The van der Waals surface area contributed by atoms with Crippen LogP contribution < -0.4 is 5.56 Å². The summed E-state index contributed by atoms with van der Waals surface area (Å²) in [4.78, 5) is 38.3. The SMILES string of the molecule is C/C(=N\OC(C)(C)C(=O)O)c1nc2ccccc2n(C2C[C@H]3CC[C@@H](C2)N3C2CC3CCCCC(C3)C2)c1=O. The van der Waals surface area contributed by atoms with Crippen LogP contribution in [0.3, 0.4) is 0 Å². The molecule has 2 saturated heterocycles. The van der Waals surface area contributed by atoms with Gasteiger partial charge < -0.3 is 14.5 Å². The lowest BCUT2D eigenvalue weighted by atomic mass is 9.76. The zero-order chi connectivity index (χ0) is 27.3. The Morgan fingerprint density at radius 3 is 2.23 bits per heavy atom. The fraction of sp³-hybridized carbons (Fsp3) is 0.677. The number of carboxylic acid groups (broad SMARTS) is 1. The number of para-hydroxylation sites is 2. The van der Waals surface area contributed by atoms with Gasteiger partial charge in [0, 0.05) is 24.2 Å². The number of carbonyl (C=O) groups is 1. The molecule has 1 aromatic heterocycles. The smallest absolute Gasteiger partial charge is 0.350 e. The largest absolute Gasteiger partial charge is 0.478 e. The molecular formula is C31H42N4O4. The summed E-state index contributed by atoms with van der Waals surface area (Å²) in [7, 11) is 0. The molecule has 5 atom stereocenters. The maximum Gasteiger partial charge on any atom is 0.350 e. The summed E-state index contributed by atoms with van der Waals surface area (Å²) in [6, 6.07) is 9.67. The van der Waals surface area contributed by atoms with Gasteiger partial charge in [0.25, 0.3) is 5.56 Å². The van der Waals surface area contributed by atoms with Crippen LogP contribution >= 0.6 is 0 Å². The molecule has 210 valence electrons. The van der Waals surface area contributed by atoms with Gasteiger partial charge in [0.15, 0.2) is 5.69 Å². The van der Waals surface area contributed by atoms with Gasteiger partial charge in [0.05, 0.1) is 11.0 Å². The number of piperidine rings is 1. The third kappa shape index (κ3) is 5.01. The van der Waals surface area contributed by atoms with E-state index in [0.29, 0.717) is 23.8 Å². The summed E-state index contributed by atoms with van der Waals surface area (Å²) in [5, 5.41) is 13.4. The molecule has 2 aliphatic carbocycles. The second-order valence-corrected chi connectivity index (χ2v) is 13.0. The van der Waals surface area contributed by atoms with Gasteiger partial charge in [-0.1, -0.05) is 43.0 Å². The molecule has 0 spiro atoms. The van der Waals surface area contributed by atoms with Crippen molar-refractivity contribution in [1.82, 2.24) is 14.5 Å². The van der Waals surface area contributed by atoms with Crippen molar-refractivity contribution in [1.29, 1.82) is 0 Å². The van der Waals surface area contributed by atoms with Crippen LogP contribution in [0.1, 0.15) is 103 Å². The fourth-order valence-electron chi connectivity index (χ4n) is 8.12. The third-order valence-electron chi connectivity index (χ3n) is 9.97. The molecule has 8 heteroatoms. The van der Waals surface area contributed by atoms with Gasteiger partial charge >= 0.3 is 5.97 Å².